The fourth-order valence-corrected chi connectivity index (χ4v) is 4.08. The second-order valence-corrected chi connectivity index (χ2v) is 7.44. The number of hydrogen-bond donors (Lipinski definition) is 1. The molecular weight excluding hydrogens is 254 g/mol. The van der Waals surface area contributed by atoms with E-state index in [1.807, 2.05) is 0 Å². The summed E-state index contributed by atoms with van der Waals surface area (Å²) in [4.78, 5) is 1.25. The summed E-state index contributed by atoms with van der Waals surface area (Å²) in [6.07, 6.45) is 2.79. The van der Waals surface area contributed by atoms with Crippen molar-refractivity contribution in [1.82, 2.24) is 5.32 Å². The predicted molar refractivity (Wildman–Crippen MR) is 72.1 cm³/mol. The highest BCUT2D eigenvalue weighted by Gasteiger charge is 2.27. The molecule has 0 amide bonds. The molecule has 0 aliphatic carbocycles. The van der Waals surface area contributed by atoms with Crippen LogP contribution in [0.4, 0.5) is 0 Å². The summed E-state index contributed by atoms with van der Waals surface area (Å²) < 4.78 is 22.6. The molecule has 1 saturated heterocycles. The van der Waals surface area contributed by atoms with Crippen molar-refractivity contribution in [3.8, 4) is 0 Å². The van der Waals surface area contributed by atoms with Gasteiger partial charge in [0.2, 0.25) is 0 Å². The molecule has 1 aromatic rings. The van der Waals surface area contributed by atoms with Crippen LogP contribution in [0.1, 0.15) is 12.0 Å². The lowest BCUT2D eigenvalue weighted by Crippen LogP contribution is -2.29. The normalized spacial score (nSPS) is 22.8. The molecule has 1 aliphatic rings. The lowest BCUT2D eigenvalue weighted by Gasteiger charge is -2.10. The zero-order chi connectivity index (χ0) is 12.3. The van der Waals surface area contributed by atoms with Crippen LogP contribution in [0, 0.1) is 0 Å². The number of benzene rings is 1. The summed E-state index contributed by atoms with van der Waals surface area (Å²) >= 11 is 1.72. The Morgan fingerprint density at radius 2 is 2.06 bits per heavy atom. The first-order chi connectivity index (χ1) is 8.09. The maximum absolute atomic E-state index is 11.3. The summed E-state index contributed by atoms with van der Waals surface area (Å²) in [7, 11) is -2.78. The topological polar surface area (TPSA) is 46.2 Å². The SMILES string of the molecule is CSc1ccc(CNC2CCS(=O)(=O)C2)cc1. The summed E-state index contributed by atoms with van der Waals surface area (Å²) in [6.45, 7) is 0.745. The number of nitrogens with one attached hydrogen (secondary N) is 1. The van der Waals surface area contributed by atoms with Gasteiger partial charge in [0.15, 0.2) is 9.84 Å². The molecule has 0 aromatic heterocycles. The third-order valence-corrected chi connectivity index (χ3v) is 5.50. The van der Waals surface area contributed by atoms with E-state index < -0.39 is 9.84 Å². The first-order valence-corrected chi connectivity index (χ1v) is 8.70. The molecule has 1 aliphatic heterocycles. The van der Waals surface area contributed by atoms with Gasteiger partial charge in [-0.25, -0.2) is 8.42 Å². The van der Waals surface area contributed by atoms with E-state index in [1.165, 1.54) is 10.5 Å². The molecule has 3 nitrogen and oxygen atoms in total. The van der Waals surface area contributed by atoms with Crippen LogP contribution >= 0.6 is 11.8 Å². The molecule has 1 aromatic carbocycles. The minimum Gasteiger partial charge on any atom is -0.309 e. The predicted octanol–water partition coefficient (Wildman–Crippen LogP) is 1.69. The van der Waals surface area contributed by atoms with Crippen LogP contribution in [0.3, 0.4) is 0 Å². The first-order valence-electron chi connectivity index (χ1n) is 5.66. The minimum atomic E-state index is -2.78. The van der Waals surface area contributed by atoms with E-state index >= 15 is 0 Å². The van der Waals surface area contributed by atoms with Crippen LogP contribution in [0.15, 0.2) is 29.2 Å². The smallest absolute Gasteiger partial charge is 0.151 e. The minimum absolute atomic E-state index is 0.125. The molecule has 1 unspecified atom stereocenters. The second-order valence-electron chi connectivity index (χ2n) is 4.33. The van der Waals surface area contributed by atoms with Gasteiger partial charge in [-0.15, -0.1) is 11.8 Å². The Balaban J connectivity index is 1.86. The molecule has 0 saturated carbocycles. The van der Waals surface area contributed by atoms with Gasteiger partial charge in [0.25, 0.3) is 0 Å². The van der Waals surface area contributed by atoms with E-state index in [9.17, 15) is 8.42 Å². The number of hydrogen-bond acceptors (Lipinski definition) is 4. The third-order valence-electron chi connectivity index (χ3n) is 2.99. The van der Waals surface area contributed by atoms with E-state index in [4.69, 9.17) is 0 Å². The molecule has 1 N–H and O–H groups in total. The Hall–Kier alpha value is -0.520. The van der Waals surface area contributed by atoms with Crippen LogP contribution in [0.2, 0.25) is 0 Å². The summed E-state index contributed by atoms with van der Waals surface area (Å²) in [5.41, 5.74) is 1.20. The Morgan fingerprint density at radius 3 is 2.59 bits per heavy atom. The average molecular weight is 271 g/mol. The zero-order valence-electron chi connectivity index (χ0n) is 9.85. The Labute approximate surface area is 107 Å². The van der Waals surface area contributed by atoms with Crippen molar-refractivity contribution < 1.29 is 8.42 Å². The van der Waals surface area contributed by atoms with Gasteiger partial charge in [-0.3, -0.25) is 0 Å². The molecule has 0 spiro atoms. The second kappa shape index (κ2) is 5.42. The van der Waals surface area contributed by atoms with Crippen molar-refractivity contribution in [3.63, 3.8) is 0 Å². The zero-order valence-corrected chi connectivity index (χ0v) is 11.5. The standard InChI is InChI=1S/C12H17NO2S2/c1-16-12-4-2-10(3-5-12)8-13-11-6-7-17(14,15)9-11/h2-5,11,13H,6-9H2,1H3. The van der Waals surface area contributed by atoms with E-state index in [2.05, 4.69) is 35.8 Å². The van der Waals surface area contributed by atoms with E-state index in [0.29, 0.717) is 5.75 Å². The molecule has 1 heterocycles. The highest BCUT2D eigenvalue weighted by Crippen LogP contribution is 2.16. The lowest BCUT2D eigenvalue weighted by molar-refractivity contribution is 0.554. The van der Waals surface area contributed by atoms with Crippen molar-refractivity contribution in [1.29, 1.82) is 0 Å². The molecule has 1 fully saturated rings. The quantitative estimate of drug-likeness (QED) is 0.847. The maximum atomic E-state index is 11.3. The molecule has 1 atom stereocenters. The Kier molecular flexibility index (Phi) is 4.12. The fraction of sp³-hybridized carbons (Fsp3) is 0.500. The summed E-state index contributed by atoms with van der Waals surface area (Å²) in [5.74, 6) is 0.617. The van der Waals surface area contributed by atoms with Crippen molar-refractivity contribution >= 4 is 21.6 Å². The van der Waals surface area contributed by atoms with Crippen LogP contribution in [0.25, 0.3) is 0 Å². The Morgan fingerprint density at radius 1 is 1.35 bits per heavy atom. The van der Waals surface area contributed by atoms with Crippen LogP contribution in [-0.2, 0) is 16.4 Å². The van der Waals surface area contributed by atoms with Gasteiger partial charge in [-0.05, 0) is 30.4 Å². The molecule has 17 heavy (non-hydrogen) atoms. The van der Waals surface area contributed by atoms with Gasteiger partial charge in [0, 0.05) is 17.5 Å². The van der Waals surface area contributed by atoms with Gasteiger partial charge < -0.3 is 5.32 Å². The lowest BCUT2D eigenvalue weighted by atomic mass is 10.2. The average Bonchev–Trinajstić information content (AvgIpc) is 2.67. The van der Waals surface area contributed by atoms with Crippen molar-refractivity contribution in [2.45, 2.75) is 23.9 Å². The van der Waals surface area contributed by atoms with Gasteiger partial charge in [-0.2, -0.15) is 0 Å². The molecular formula is C12H17NO2S2. The highest BCUT2D eigenvalue weighted by atomic mass is 32.2. The van der Waals surface area contributed by atoms with E-state index in [-0.39, 0.29) is 11.8 Å². The Bertz CT molecular complexity index is 468. The molecule has 5 heteroatoms. The molecule has 94 valence electrons. The maximum Gasteiger partial charge on any atom is 0.151 e. The molecule has 0 bridgehead atoms. The van der Waals surface area contributed by atoms with E-state index in [1.54, 1.807) is 11.8 Å². The highest BCUT2D eigenvalue weighted by molar-refractivity contribution is 7.98. The monoisotopic (exact) mass is 271 g/mol. The van der Waals surface area contributed by atoms with Crippen LogP contribution < -0.4 is 5.32 Å². The van der Waals surface area contributed by atoms with Gasteiger partial charge in [0.05, 0.1) is 11.5 Å². The van der Waals surface area contributed by atoms with Gasteiger partial charge >= 0.3 is 0 Å². The molecule has 0 radical (unpaired) electrons. The molecule has 2 rings (SSSR count). The van der Waals surface area contributed by atoms with Gasteiger partial charge in [0.1, 0.15) is 0 Å². The third kappa shape index (κ3) is 3.72. The number of thioether (sulfide) groups is 1. The number of sulfone groups is 1. The van der Waals surface area contributed by atoms with Crippen LogP contribution in [-0.4, -0.2) is 32.2 Å². The van der Waals surface area contributed by atoms with Crippen molar-refractivity contribution in [3.05, 3.63) is 29.8 Å². The number of rotatable bonds is 4. The summed E-state index contributed by atoms with van der Waals surface area (Å²) in [5, 5.41) is 3.31. The van der Waals surface area contributed by atoms with Crippen molar-refractivity contribution in [2.75, 3.05) is 17.8 Å². The first kappa shape index (κ1) is 12.9. The van der Waals surface area contributed by atoms with Crippen LogP contribution in [0.5, 0.6) is 0 Å². The largest absolute Gasteiger partial charge is 0.309 e. The van der Waals surface area contributed by atoms with Gasteiger partial charge in [-0.1, -0.05) is 12.1 Å². The van der Waals surface area contributed by atoms with E-state index in [0.717, 1.165) is 13.0 Å². The van der Waals surface area contributed by atoms with Crippen molar-refractivity contribution in [2.24, 2.45) is 0 Å². The fourth-order valence-electron chi connectivity index (χ4n) is 1.96. The summed E-state index contributed by atoms with van der Waals surface area (Å²) in [6, 6.07) is 8.48.